The molecule has 1 N–H and O–H groups in total. The van der Waals surface area contributed by atoms with Crippen LogP contribution in [0.4, 0.5) is 0 Å². The molecule has 0 aromatic heterocycles. The molecular formula is C33H29NO. The summed E-state index contributed by atoms with van der Waals surface area (Å²) in [6.45, 7) is 0. The maximum absolute atomic E-state index is 7.46. The molecule has 4 aliphatic carbocycles. The van der Waals surface area contributed by atoms with Crippen molar-refractivity contribution in [2.24, 2.45) is 0 Å². The van der Waals surface area contributed by atoms with E-state index in [-0.39, 0.29) is 6.10 Å². The van der Waals surface area contributed by atoms with Crippen LogP contribution >= 0.6 is 0 Å². The molecule has 0 amide bonds. The van der Waals surface area contributed by atoms with E-state index >= 15 is 0 Å². The molecule has 0 spiro atoms. The zero-order valence-corrected chi connectivity index (χ0v) is 19.9. The number of fused-ring (bicyclic) bond motifs is 5. The lowest BCUT2D eigenvalue weighted by molar-refractivity contribution is 0.265. The van der Waals surface area contributed by atoms with Gasteiger partial charge in [0.15, 0.2) is 0 Å². The number of rotatable bonds is 3. The van der Waals surface area contributed by atoms with Crippen LogP contribution in [0.5, 0.6) is 5.75 Å². The normalized spacial score (nSPS) is 23.8. The second-order valence-electron chi connectivity index (χ2n) is 10.3. The van der Waals surface area contributed by atoms with E-state index in [0.717, 1.165) is 49.8 Å². The molecule has 5 aliphatic rings. The molecule has 2 aromatic carbocycles. The second-order valence-corrected chi connectivity index (χ2v) is 10.3. The summed E-state index contributed by atoms with van der Waals surface area (Å²) in [5.74, 6) is 1.40. The van der Waals surface area contributed by atoms with Gasteiger partial charge in [0.1, 0.15) is 11.9 Å². The summed E-state index contributed by atoms with van der Waals surface area (Å²) < 4.78 is 6.45. The molecule has 0 fully saturated rings. The van der Waals surface area contributed by atoms with Crippen LogP contribution in [0.15, 0.2) is 89.6 Å². The van der Waals surface area contributed by atoms with Gasteiger partial charge in [0.2, 0.25) is 0 Å². The Labute approximate surface area is 207 Å². The topological polar surface area (TPSA) is 33.1 Å². The van der Waals surface area contributed by atoms with Crippen LogP contribution < -0.4 is 4.74 Å². The van der Waals surface area contributed by atoms with E-state index < -0.39 is 0 Å². The van der Waals surface area contributed by atoms with Gasteiger partial charge in [-0.05, 0) is 101 Å². The van der Waals surface area contributed by atoms with Gasteiger partial charge in [0, 0.05) is 11.8 Å². The zero-order valence-electron chi connectivity index (χ0n) is 19.9. The molecule has 7 rings (SSSR count). The Balaban J connectivity index is 1.17. The van der Waals surface area contributed by atoms with Crippen molar-refractivity contribution in [3.63, 3.8) is 0 Å². The summed E-state index contributed by atoms with van der Waals surface area (Å²) in [7, 11) is 0. The van der Waals surface area contributed by atoms with E-state index in [1.807, 2.05) is 0 Å². The molecule has 0 bridgehead atoms. The summed E-state index contributed by atoms with van der Waals surface area (Å²) in [5.41, 5.74) is 13.5. The Morgan fingerprint density at radius 1 is 0.857 bits per heavy atom. The van der Waals surface area contributed by atoms with Crippen LogP contribution in [0.1, 0.15) is 65.8 Å². The Kier molecular flexibility index (Phi) is 4.87. The zero-order chi connectivity index (χ0) is 23.4. The maximum Gasteiger partial charge on any atom is 0.128 e. The summed E-state index contributed by atoms with van der Waals surface area (Å²) in [6.07, 6.45) is 23.8. The summed E-state index contributed by atoms with van der Waals surface area (Å²) in [4.78, 5) is 0. The molecule has 2 atom stereocenters. The van der Waals surface area contributed by atoms with Gasteiger partial charge in [0.05, 0.1) is 5.92 Å². The van der Waals surface area contributed by atoms with Crippen molar-refractivity contribution >= 4 is 23.4 Å². The third-order valence-electron chi connectivity index (χ3n) is 8.26. The van der Waals surface area contributed by atoms with Gasteiger partial charge in [-0.25, -0.2) is 0 Å². The molecule has 1 aliphatic heterocycles. The quantitative estimate of drug-likeness (QED) is 0.468. The summed E-state index contributed by atoms with van der Waals surface area (Å²) in [6, 6.07) is 13.8. The molecule has 2 nitrogen and oxygen atoms in total. The van der Waals surface area contributed by atoms with Crippen LogP contribution in [0.3, 0.4) is 0 Å². The lowest BCUT2D eigenvalue weighted by Gasteiger charge is -2.26. The van der Waals surface area contributed by atoms with E-state index in [9.17, 15) is 0 Å². The third kappa shape index (κ3) is 3.51. The first kappa shape index (κ1) is 20.7. The van der Waals surface area contributed by atoms with E-state index in [0.29, 0.717) is 5.92 Å². The van der Waals surface area contributed by atoms with Crippen molar-refractivity contribution in [1.29, 1.82) is 5.41 Å². The average molecular weight is 456 g/mol. The monoisotopic (exact) mass is 455 g/mol. The highest BCUT2D eigenvalue weighted by Gasteiger charge is 2.38. The Bertz CT molecular complexity index is 1440. The number of benzene rings is 2. The molecular weight excluding hydrogens is 426 g/mol. The van der Waals surface area contributed by atoms with Crippen molar-refractivity contribution in [1.82, 2.24) is 0 Å². The lowest BCUT2D eigenvalue weighted by atomic mass is 9.78. The van der Waals surface area contributed by atoms with Crippen LogP contribution in [0.25, 0.3) is 17.2 Å². The van der Waals surface area contributed by atoms with E-state index in [1.54, 1.807) is 0 Å². The fourth-order valence-corrected chi connectivity index (χ4v) is 6.31. The van der Waals surface area contributed by atoms with Gasteiger partial charge in [-0.1, -0.05) is 66.8 Å². The smallest absolute Gasteiger partial charge is 0.128 e. The fourth-order valence-electron chi connectivity index (χ4n) is 6.31. The molecule has 2 aromatic rings. The van der Waals surface area contributed by atoms with E-state index in [2.05, 4.69) is 78.9 Å². The fraction of sp³-hybridized carbons (Fsp3) is 0.242. The van der Waals surface area contributed by atoms with Gasteiger partial charge in [-0.3, -0.25) is 0 Å². The van der Waals surface area contributed by atoms with Crippen molar-refractivity contribution in [2.45, 2.75) is 50.5 Å². The first-order valence-corrected chi connectivity index (χ1v) is 12.9. The van der Waals surface area contributed by atoms with Gasteiger partial charge in [-0.15, -0.1) is 0 Å². The Hall–Kier alpha value is -3.65. The predicted molar refractivity (Wildman–Crippen MR) is 145 cm³/mol. The Morgan fingerprint density at radius 2 is 1.74 bits per heavy atom. The largest absolute Gasteiger partial charge is 0.485 e. The minimum absolute atomic E-state index is 0.125. The average Bonchev–Trinajstić information content (AvgIpc) is 3.31. The summed E-state index contributed by atoms with van der Waals surface area (Å²) in [5, 5.41) is 7.46. The summed E-state index contributed by atoms with van der Waals surface area (Å²) >= 11 is 0. The maximum atomic E-state index is 7.46. The van der Waals surface area contributed by atoms with Crippen LogP contribution in [0.2, 0.25) is 0 Å². The number of ether oxygens (including phenoxy) is 1. The number of nitrogens with one attached hydrogen (secondary N) is 1. The van der Waals surface area contributed by atoms with Gasteiger partial charge < -0.3 is 10.1 Å². The number of hydrogen-bond acceptors (Lipinski definition) is 2. The molecule has 2 heteroatoms. The van der Waals surface area contributed by atoms with Crippen LogP contribution in [-0.4, -0.2) is 12.3 Å². The van der Waals surface area contributed by atoms with Gasteiger partial charge in [0.25, 0.3) is 0 Å². The highest BCUT2D eigenvalue weighted by Crippen LogP contribution is 2.49. The number of allylic oxidation sites excluding steroid dienone is 9. The highest BCUT2D eigenvalue weighted by molar-refractivity contribution is 5.86. The predicted octanol–water partition coefficient (Wildman–Crippen LogP) is 7.99. The van der Waals surface area contributed by atoms with Crippen molar-refractivity contribution in [3.05, 3.63) is 117 Å². The minimum Gasteiger partial charge on any atom is -0.485 e. The second kappa shape index (κ2) is 8.23. The Morgan fingerprint density at radius 3 is 2.63 bits per heavy atom. The SMILES string of the molecule is N=CC1=CC=C(c2ccc3c(c2)CCC(c2ccc4c(c2)OC2C=CC5=C(C=CCC5)C42)=C3)CC1. The molecule has 0 saturated heterocycles. The third-order valence-corrected chi connectivity index (χ3v) is 8.26. The first-order valence-electron chi connectivity index (χ1n) is 12.9. The van der Waals surface area contributed by atoms with E-state index in [1.165, 1.54) is 56.3 Å². The van der Waals surface area contributed by atoms with Crippen molar-refractivity contribution in [3.8, 4) is 5.75 Å². The van der Waals surface area contributed by atoms with Crippen molar-refractivity contribution < 1.29 is 4.74 Å². The minimum atomic E-state index is 0.125. The highest BCUT2D eigenvalue weighted by atomic mass is 16.5. The van der Waals surface area contributed by atoms with E-state index in [4.69, 9.17) is 10.1 Å². The lowest BCUT2D eigenvalue weighted by Crippen LogP contribution is -2.21. The number of aryl methyl sites for hydroxylation is 1. The molecule has 2 unspecified atom stereocenters. The number of hydrogen-bond donors (Lipinski definition) is 1. The standard InChI is InChI=1S/C33H29NO/c34-20-21-5-7-22(8-6-21)24-9-10-26-18-27(12-11-25(26)17-24)28-13-15-30-32(19-28)35-31-16-14-23-3-1-2-4-29(23)33(30)31/h2,4-5,7,9-10,13-20,31,33-34H,1,3,6,8,11-12H2. The van der Waals surface area contributed by atoms with Crippen LogP contribution in [-0.2, 0) is 6.42 Å². The van der Waals surface area contributed by atoms with Gasteiger partial charge in [-0.2, -0.15) is 0 Å². The first-order chi connectivity index (χ1) is 17.3. The van der Waals surface area contributed by atoms with Crippen LogP contribution in [0, 0.1) is 5.41 Å². The molecule has 35 heavy (non-hydrogen) atoms. The van der Waals surface area contributed by atoms with Crippen molar-refractivity contribution in [2.75, 3.05) is 0 Å². The molecule has 1 heterocycles. The molecule has 172 valence electrons. The molecule has 0 saturated carbocycles. The van der Waals surface area contributed by atoms with Gasteiger partial charge >= 0.3 is 0 Å². The molecule has 0 radical (unpaired) electrons.